The molecule has 1 aliphatic rings. The smallest absolute Gasteiger partial charge is 0.327 e. The Morgan fingerprint density at radius 1 is 1.52 bits per heavy atom. The SMILES string of the molecule is C=C1C=C(C=O)C[C@@](C#N)(C(=O)OC)[C@H]1c1ccc(Cl)cc1Cl. The number of aldehydes is 1. The molecule has 1 aliphatic carbocycles. The summed E-state index contributed by atoms with van der Waals surface area (Å²) in [6, 6.07) is 6.83. The number of hydrogen-bond donors (Lipinski definition) is 0. The van der Waals surface area contributed by atoms with E-state index in [9.17, 15) is 14.9 Å². The predicted molar refractivity (Wildman–Crippen MR) is 87.2 cm³/mol. The van der Waals surface area contributed by atoms with Crippen LogP contribution in [0.2, 0.25) is 10.0 Å². The number of allylic oxidation sites excluding steroid dienone is 3. The Hall–Kier alpha value is -2.09. The van der Waals surface area contributed by atoms with E-state index in [1.807, 2.05) is 6.07 Å². The lowest BCUT2D eigenvalue weighted by molar-refractivity contribution is -0.150. The molecule has 0 saturated heterocycles. The third-order valence-electron chi connectivity index (χ3n) is 3.89. The molecule has 0 amide bonds. The average Bonchev–Trinajstić information content (AvgIpc) is 2.54. The highest BCUT2D eigenvalue weighted by atomic mass is 35.5. The molecule has 2 atom stereocenters. The van der Waals surface area contributed by atoms with Gasteiger partial charge in [0.15, 0.2) is 5.41 Å². The van der Waals surface area contributed by atoms with Crippen LogP contribution in [0, 0.1) is 16.7 Å². The van der Waals surface area contributed by atoms with E-state index in [0.29, 0.717) is 33.0 Å². The Morgan fingerprint density at radius 2 is 2.22 bits per heavy atom. The van der Waals surface area contributed by atoms with Gasteiger partial charge in [-0.2, -0.15) is 5.26 Å². The summed E-state index contributed by atoms with van der Waals surface area (Å²) in [7, 11) is 1.20. The molecule has 0 aromatic heterocycles. The molecular formula is C17H13Cl2NO3. The third kappa shape index (κ3) is 2.90. The summed E-state index contributed by atoms with van der Waals surface area (Å²) < 4.78 is 4.83. The van der Waals surface area contributed by atoms with Gasteiger partial charge in [-0.05, 0) is 28.8 Å². The van der Waals surface area contributed by atoms with Gasteiger partial charge in [0.1, 0.15) is 6.29 Å². The van der Waals surface area contributed by atoms with Gasteiger partial charge in [-0.1, -0.05) is 41.9 Å². The number of benzene rings is 1. The number of halogens is 2. The van der Waals surface area contributed by atoms with Crippen molar-refractivity contribution in [1.29, 1.82) is 5.26 Å². The van der Waals surface area contributed by atoms with Gasteiger partial charge in [0, 0.05) is 22.4 Å². The monoisotopic (exact) mass is 349 g/mol. The van der Waals surface area contributed by atoms with Gasteiger partial charge in [0.25, 0.3) is 0 Å². The molecule has 0 unspecified atom stereocenters. The fourth-order valence-corrected chi connectivity index (χ4v) is 3.43. The van der Waals surface area contributed by atoms with Gasteiger partial charge in [-0.3, -0.25) is 9.59 Å². The number of nitriles is 1. The van der Waals surface area contributed by atoms with Crippen LogP contribution in [0.5, 0.6) is 0 Å². The lowest BCUT2D eigenvalue weighted by Gasteiger charge is -2.37. The van der Waals surface area contributed by atoms with E-state index in [1.54, 1.807) is 18.2 Å². The third-order valence-corrected chi connectivity index (χ3v) is 4.45. The van der Waals surface area contributed by atoms with E-state index in [1.165, 1.54) is 13.2 Å². The first kappa shape index (κ1) is 17.3. The molecular weight excluding hydrogens is 337 g/mol. The molecule has 2 rings (SSSR count). The summed E-state index contributed by atoms with van der Waals surface area (Å²) in [6.45, 7) is 3.91. The van der Waals surface area contributed by atoms with Crippen LogP contribution < -0.4 is 0 Å². The molecule has 0 aliphatic heterocycles. The Labute approximate surface area is 143 Å². The number of esters is 1. The number of hydrogen-bond acceptors (Lipinski definition) is 4. The van der Waals surface area contributed by atoms with Crippen molar-refractivity contribution in [3.05, 3.63) is 57.6 Å². The molecule has 4 nitrogen and oxygen atoms in total. The second kappa shape index (κ2) is 6.57. The highest BCUT2D eigenvalue weighted by molar-refractivity contribution is 6.35. The first-order chi connectivity index (χ1) is 10.9. The Bertz CT molecular complexity index is 764. The van der Waals surface area contributed by atoms with Gasteiger partial charge in [-0.15, -0.1) is 0 Å². The van der Waals surface area contributed by atoms with Crippen molar-refractivity contribution >= 4 is 35.5 Å². The van der Waals surface area contributed by atoms with Crippen LogP contribution in [0.15, 0.2) is 42.0 Å². The lowest BCUT2D eigenvalue weighted by Crippen LogP contribution is -2.40. The van der Waals surface area contributed by atoms with Crippen LogP contribution in [0.3, 0.4) is 0 Å². The van der Waals surface area contributed by atoms with E-state index < -0.39 is 17.3 Å². The van der Waals surface area contributed by atoms with Crippen LogP contribution >= 0.6 is 23.2 Å². The minimum absolute atomic E-state index is 0.0671. The molecule has 0 spiro atoms. The second-order valence-electron chi connectivity index (χ2n) is 5.26. The van der Waals surface area contributed by atoms with Gasteiger partial charge in [0.2, 0.25) is 0 Å². The zero-order chi connectivity index (χ0) is 17.2. The summed E-state index contributed by atoms with van der Waals surface area (Å²) in [5, 5.41) is 10.5. The van der Waals surface area contributed by atoms with Crippen LogP contribution in [-0.2, 0) is 14.3 Å². The van der Waals surface area contributed by atoms with E-state index in [4.69, 9.17) is 27.9 Å². The van der Waals surface area contributed by atoms with E-state index in [2.05, 4.69) is 6.58 Å². The molecule has 1 aromatic carbocycles. The molecule has 0 fully saturated rings. The number of ether oxygens (including phenoxy) is 1. The summed E-state index contributed by atoms with van der Waals surface area (Å²) in [5.41, 5.74) is -0.319. The van der Waals surface area contributed by atoms with E-state index in [0.717, 1.165) is 0 Å². The Balaban J connectivity index is 2.72. The maximum Gasteiger partial charge on any atom is 0.327 e. The first-order valence-corrected chi connectivity index (χ1v) is 7.44. The van der Waals surface area contributed by atoms with Crippen molar-refractivity contribution in [2.45, 2.75) is 12.3 Å². The first-order valence-electron chi connectivity index (χ1n) is 6.68. The normalized spacial score (nSPS) is 23.7. The molecule has 0 heterocycles. The Morgan fingerprint density at radius 3 is 2.74 bits per heavy atom. The van der Waals surface area contributed by atoms with Gasteiger partial charge >= 0.3 is 5.97 Å². The number of carbonyl (C=O) groups excluding carboxylic acids is 2. The highest BCUT2D eigenvalue weighted by Gasteiger charge is 2.52. The van der Waals surface area contributed by atoms with Gasteiger partial charge < -0.3 is 4.74 Å². The van der Waals surface area contributed by atoms with Crippen LogP contribution in [-0.4, -0.2) is 19.4 Å². The molecule has 0 saturated carbocycles. The average molecular weight is 350 g/mol. The molecule has 0 N–H and O–H groups in total. The quantitative estimate of drug-likeness (QED) is 0.614. The zero-order valence-corrected chi connectivity index (χ0v) is 13.8. The molecule has 23 heavy (non-hydrogen) atoms. The fourth-order valence-electron chi connectivity index (χ4n) is 2.91. The summed E-state index contributed by atoms with van der Waals surface area (Å²) in [6.07, 6.45) is 2.11. The van der Waals surface area contributed by atoms with Crippen LogP contribution in [0.4, 0.5) is 0 Å². The Kier molecular flexibility index (Phi) is 4.93. The fraction of sp³-hybridized carbons (Fsp3) is 0.235. The lowest BCUT2D eigenvalue weighted by atomic mass is 9.63. The number of methoxy groups -OCH3 is 1. The van der Waals surface area contributed by atoms with Crippen molar-refractivity contribution in [2.75, 3.05) is 7.11 Å². The molecule has 118 valence electrons. The van der Waals surface area contributed by atoms with Gasteiger partial charge in [-0.25, -0.2) is 0 Å². The number of nitrogens with zero attached hydrogens (tertiary/aromatic N) is 1. The summed E-state index contributed by atoms with van der Waals surface area (Å²) in [4.78, 5) is 23.6. The summed E-state index contributed by atoms with van der Waals surface area (Å²) >= 11 is 12.2. The van der Waals surface area contributed by atoms with Crippen molar-refractivity contribution in [1.82, 2.24) is 0 Å². The zero-order valence-electron chi connectivity index (χ0n) is 12.3. The number of rotatable bonds is 3. The topological polar surface area (TPSA) is 67.2 Å². The molecule has 0 radical (unpaired) electrons. The maximum atomic E-state index is 12.4. The maximum absolute atomic E-state index is 12.4. The minimum atomic E-state index is -1.60. The summed E-state index contributed by atoms with van der Waals surface area (Å²) in [5.74, 6) is -1.46. The van der Waals surface area contributed by atoms with Crippen molar-refractivity contribution in [2.24, 2.45) is 5.41 Å². The largest absolute Gasteiger partial charge is 0.468 e. The van der Waals surface area contributed by atoms with Crippen molar-refractivity contribution in [3.8, 4) is 6.07 Å². The van der Waals surface area contributed by atoms with Gasteiger partial charge in [0.05, 0.1) is 13.2 Å². The molecule has 1 aromatic rings. The van der Waals surface area contributed by atoms with E-state index >= 15 is 0 Å². The van der Waals surface area contributed by atoms with Crippen LogP contribution in [0.1, 0.15) is 17.9 Å². The second-order valence-corrected chi connectivity index (χ2v) is 6.11. The standard InChI is InChI=1S/C17H13Cl2NO3/c1-10-5-11(8-21)7-17(9-20,16(22)23-2)15(10)13-4-3-12(18)6-14(13)19/h3-6,8,15H,1,7H2,2H3/t15-,17+/m1/s1. The molecule has 0 bridgehead atoms. The van der Waals surface area contributed by atoms with Crippen LogP contribution in [0.25, 0.3) is 0 Å². The minimum Gasteiger partial charge on any atom is -0.468 e. The van der Waals surface area contributed by atoms with Crippen molar-refractivity contribution < 1.29 is 14.3 Å². The van der Waals surface area contributed by atoms with E-state index in [-0.39, 0.29) is 6.42 Å². The predicted octanol–water partition coefficient (Wildman–Crippen LogP) is 3.85. The highest BCUT2D eigenvalue weighted by Crippen LogP contribution is 2.51. The molecule has 6 heteroatoms. The number of carbonyl (C=O) groups is 2. The van der Waals surface area contributed by atoms with Crippen molar-refractivity contribution in [3.63, 3.8) is 0 Å².